The number of para-hydroxylation sites is 1. The molecule has 38 heavy (non-hydrogen) atoms. The van der Waals surface area contributed by atoms with Crippen molar-refractivity contribution in [2.45, 2.75) is 30.2 Å². The number of hydrogen-bond acceptors (Lipinski definition) is 5. The third-order valence-corrected chi connectivity index (χ3v) is 8.37. The molecule has 2 heterocycles. The maximum Gasteiger partial charge on any atom is 0.326 e. The molecule has 198 valence electrons. The molecule has 2 aromatic carbocycles. The van der Waals surface area contributed by atoms with E-state index in [0.717, 1.165) is 21.4 Å². The van der Waals surface area contributed by atoms with Crippen LogP contribution in [0.5, 0.6) is 0 Å². The highest BCUT2D eigenvalue weighted by Gasteiger charge is 2.30. The number of carbonyl (C=O) groups excluding carboxylic acids is 2. The number of piperidine rings is 1. The van der Waals surface area contributed by atoms with Crippen LogP contribution in [-0.4, -0.2) is 58.2 Å². The van der Waals surface area contributed by atoms with E-state index >= 15 is 0 Å². The monoisotopic (exact) mass is 571 g/mol. The quantitative estimate of drug-likeness (QED) is 0.280. The summed E-state index contributed by atoms with van der Waals surface area (Å²) in [6, 6.07) is 12.1. The first-order valence-corrected chi connectivity index (χ1v) is 14.1. The molecule has 10 heteroatoms. The van der Waals surface area contributed by atoms with Crippen LogP contribution in [0.2, 0.25) is 10.0 Å². The Bertz CT molecular complexity index is 1390. The predicted octanol–water partition coefficient (Wildman–Crippen LogP) is 5.33. The van der Waals surface area contributed by atoms with Crippen molar-refractivity contribution in [3.05, 3.63) is 75.9 Å². The topological polar surface area (TPSA) is 99.6 Å². The second-order valence-electron chi connectivity index (χ2n) is 9.06. The fourth-order valence-electron chi connectivity index (χ4n) is 4.42. The first-order valence-electron chi connectivity index (χ1n) is 12.1. The minimum absolute atomic E-state index is 0.130. The maximum absolute atomic E-state index is 12.9. The summed E-state index contributed by atoms with van der Waals surface area (Å²) in [4.78, 5) is 44.4. The second kappa shape index (κ2) is 12.7. The lowest BCUT2D eigenvalue weighted by Crippen LogP contribution is -2.48. The van der Waals surface area contributed by atoms with Crippen LogP contribution in [0.1, 0.15) is 24.0 Å². The summed E-state index contributed by atoms with van der Waals surface area (Å²) in [5.41, 5.74) is 2.20. The average Bonchev–Trinajstić information content (AvgIpc) is 2.93. The van der Waals surface area contributed by atoms with Crippen molar-refractivity contribution in [3.63, 3.8) is 0 Å². The van der Waals surface area contributed by atoms with Crippen LogP contribution in [0, 0.1) is 5.92 Å². The van der Waals surface area contributed by atoms with E-state index in [1.807, 2.05) is 48.7 Å². The van der Waals surface area contributed by atoms with Gasteiger partial charge in [0.2, 0.25) is 11.8 Å². The molecular weight excluding hydrogens is 545 g/mol. The molecule has 1 unspecified atom stereocenters. The minimum atomic E-state index is -1.10. The summed E-state index contributed by atoms with van der Waals surface area (Å²) in [6.45, 7) is 0.793. The van der Waals surface area contributed by atoms with Crippen molar-refractivity contribution in [2.24, 2.45) is 5.92 Å². The summed E-state index contributed by atoms with van der Waals surface area (Å²) in [6.07, 6.45) is 7.67. The number of aliphatic carboxylic acids is 1. The molecule has 1 atom stereocenters. The van der Waals surface area contributed by atoms with Crippen LogP contribution >= 0.6 is 35.0 Å². The van der Waals surface area contributed by atoms with Crippen molar-refractivity contribution in [2.75, 3.05) is 19.3 Å². The number of pyridine rings is 1. The van der Waals surface area contributed by atoms with E-state index in [-0.39, 0.29) is 24.2 Å². The Kier molecular flexibility index (Phi) is 9.31. The molecule has 1 fully saturated rings. The van der Waals surface area contributed by atoms with E-state index < -0.39 is 12.0 Å². The number of amides is 2. The number of carboxylic acids is 1. The van der Waals surface area contributed by atoms with E-state index in [4.69, 9.17) is 23.2 Å². The number of hydrogen-bond donors (Lipinski definition) is 2. The lowest BCUT2D eigenvalue weighted by molar-refractivity contribution is -0.142. The van der Waals surface area contributed by atoms with Gasteiger partial charge in [0.05, 0.1) is 15.6 Å². The molecule has 7 nitrogen and oxygen atoms in total. The summed E-state index contributed by atoms with van der Waals surface area (Å²) >= 11 is 14.1. The summed E-state index contributed by atoms with van der Waals surface area (Å²) in [7, 11) is 0. The van der Waals surface area contributed by atoms with Crippen LogP contribution in [-0.2, 0) is 20.8 Å². The molecule has 3 aromatic rings. The molecule has 1 aliphatic rings. The molecule has 0 bridgehead atoms. The predicted molar refractivity (Wildman–Crippen MR) is 152 cm³/mol. The van der Waals surface area contributed by atoms with Gasteiger partial charge in [-0.05, 0) is 54.5 Å². The first-order chi connectivity index (χ1) is 18.3. The Labute approximate surface area is 235 Å². The van der Waals surface area contributed by atoms with Gasteiger partial charge < -0.3 is 15.3 Å². The van der Waals surface area contributed by atoms with Crippen molar-refractivity contribution in [1.29, 1.82) is 0 Å². The van der Waals surface area contributed by atoms with Gasteiger partial charge in [0, 0.05) is 48.0 Å². The number of likely N-dealkylation sites (tertiary alicyclic amines) is 1. The molecule has 0 aliphatic carbocycles. The fraction of sp³-hybridized carbons (Fsp3) is 0.286. The number of thioether (sulfide) groups is 1. The number of rotatable bonds is 8. The van der Waals surface area contributed by atoms with Gasteiger partial charge in [-0.1, -0.05) is 47.5 Å². The van der Waals surface area contributed by atoms with Crippen LogP contribution in [0.4, 0.5) is 0 Å². The zero-order valence-corrected chi connectivity index (χ0v) is 23.0. The van der Waals surface area contributed by atoms with Gasteiger partial charge in [0.15, 0.2) is 0 Å². The number of nitrogens with zero attached hydrogens (tertiary/aromatic N) is 2. The van der Waals surface area contributed by atoms with Gasteiger partial charge in [-0.15, -0.1) is 11.8 Å². The smallest absolute Gasteiger partial charge is 0.326 e. The molecule has 0 saturated carbocycles. The maximum atomic E-state index is 12.9. The summed E-state index contributed by atoms with van der Waals surface area (Å²) in [5, 5.41) is 14.2. The lowest BCUT2D eigenvalue weighted by atomic mass is 9.95. The highest BCUT2D eigenvalue weighted by molar-refractivity contribution is 7.98. The van der Waals surface area contributed by atoms with Crippen molar-refractivity contribution in [1.82, 2.24) is 15.2 Å². The molecular formula is C28H27Cl2N3O4S. The number of carboxylic acid groups (broad SMARTS) is 1. The molecule has 2 N–H and O–H groups in total. The lowest BCUT2D eigenvalue weighted by Gasteiger charge is -2.31. The molecule has 4 rings (SSSR count). The molecule has 0 radical (unpaired) electrons. The Morgan fingerprint density at radius 3 is 2.61 bits per heavy atom. The van der Waals surface area contributed by atoms with Gasteiger partial charge in [0.1, 0.15) is 6.04 Å². The number of benzene rings is 2. The van der Waals surface area contributed by atoms with E-state index in [1.54, 1.807) is 17.2 Å². The van der Waals surface area contributed by atoms with E-state index in [9.17, 15) is 19.5 Å². The largest absolute Gasteiger partial charge is 0.480 e. The summed E-state index contributed by atoms with van der Waals surface area (Å²) < 4.78 is 0. The molecule has 1 saturated heterocycles. The van der Waals surface area contributed by atoms with Crippen LogP contribution < -0.4 is 5.32 Å². The van der Waals surface area contributed by atoms with E-state index in [1.165, 1.54) is 17.8 Å². The highest BCUT2D eigenvalue weighted by Crippen LogP contribution is 2.35. The van der Waals surface area contributed by atoms with Gasteiger partial charge in [-0.25, -0.2) is 4.79 Å². The Morgan fingerprint density at radius 1 is 1.16 bits per heavy atom. The number of carbonyl (C=O) groups is 3. The van der Waals surface area contributed by atoms with Crippen LogP contribution in [0.15, 0.2) is 59.6 Å². The van der Waals surface area contributed by atoms with Crippen molar-refractivity contribution in [3.8, 4) is 0 Å². The number of halogens is 2. The highest BCUT2D eigenvalue weighted by atomic mass is 35.5. The standard InChI is InChI=1S/C28H27Cl2N3O4S/c1-38-23-8-6-18(25(29)26(23)30)7-9-24(34)33-12-10-19(11-13-33)27(35)32-22(28(36)37)15-17-14-20-4-2-3-5-21(20)31-16-17/h2-9,14,16,19,22H,10-13,15H2,1H3,(H,32,35)(H,36,37). The first kappa shape index (κ1) is 28.0. The van der Waals surface area contributed by atoms with Crippen LogP contribution in [0.25, 0.3) is 17.0 Å². The third kappa shape index (κ3) is 6.67. The Balaban J connectivity index is 1.31. The van der Waals surface area contributed by atoms with Crippen LogP contribution in [0.3, 0.4) is 0 Å². The van der Waals surface area contributed by atoms with Gasteiger partial charge in [-0.2, -0.15) is 0 Å². The zero-order chi connectivity index (χ0) is 27.2. The van der Waals surface area contributed by atoms with Gasteiger partial charge in [-0.3, -0.25) is 14.6 Å². The fourth-order valence-corrected chi connectivity index (χ4v) is 5.59. The average molecular weight is 573 g/mol. The van der Waals surface area contributed by atoms with Gasteiger partial charge in [0.25, 0.3) is 0 Å². The Morgan fingerprint density at radius 2 is 1.89 bits per heavy atom. The summed E-state index contributed by atoms with van der Waals surface area (Å²) in [5.74, 6) is -1.97. The molecule has 1 aliphatic heterocycles. The van der Waals surface area contributed by atoms with E-state index in [2.05, 4.69) is 10.3 Å². The number of fused-ring (bicyclic) bond motifs is 1. The Hall–Kier alpha value is -3.07. The van der Waals surface area contributed by atoms with E-state index in [0.29, 0.717) is 41.5 Å². The van der Waals surface area contributed by atoms with Crippen molar-refractivity contribution >= 4 is 69.7 Å². The third-order valence-electron chi connectivity index (χ3n) is 6.58. The number of nitrogens with one attached hydrogen (secondary N) is 1. The van der Waals surface area contributed by atoms with Gasteiger partial charge >= 0.3 is 5.97 Å². The SMILES string of the molecule is CSc1ccc(C=CC(=O)N2CCC(C(=O)NC(Cc3cnc4ccccc4c3)C(=O)O)CC2)c(Cl)c1Cl. The minimum Gasteiger partial charge on any atom is -0.480 e. The molecule has 1 aromatic heterocycles. The second-order valence-corrected chi connectivity index (χ2v) is 10.7. The van der Waals surface area contributed by atoms with Crippen molar-refractivity contribution < 1.29 is 19.5 Å². The molecule has 0 spiro atoms. The molecule has 2 amide bonds. The number of aromatic nitrogens is 1. The zero-order valence-electron chi connectivity index (χ0n) is 20.7. The normalized spacial score (nSPS) is 15.1.